The van der Waals surface area contributed by atoms with Gasteiger partial charge in [0.25, 0.3) is 0 Å². The Morgan fingerprint density at radius 3 is 2.57 bits per heavy atom. The number of morpholine rings is 1. The molecular weight excluding hydrogens is 624 g/mol. The molecule has 4 aliphatic heterocycles. The summed E-state index contributed by atoms with van der Waals surface area (Å²) in [6.45, 7) is 7.42. The molecule has 3 unspecified atom stereocenters. The Morgan fingerprint density at radius 1 is 1.12 bits per heavy atom. The first kappa shape index (κ1) is 31.6. The number of alkyl halides is 1. The van der Waals surface area contributed by atoms with Crippen LogP contribution in [0.3, 0.4) is 0 Å². The molecule has 1 aromatic carbocycles. The molecule has 6 atom stereocenters. The summed E-state index contributed by atoms with van der Waals surface area (Å²) in [7, 11) is 0. The number of thioether (sulfide) groups is 1. The Bertz CT molecular complexity index is 1110. The molecule has 4 fully saturated rings. The lowest BCUT2D eigenvalue weighted by molar-refractivity contribution is -0.139. The standard InChI is InChI=1S/C30H43BrN4O6S/c1-2-41-21-9-7-20(8-10-21)33-27(37)23-24-29(39)35(12-5-3-4-6-16-36)26(30(24)19-22(31)25(23)42-30)28(38)32-11-13-34-14-17-40-18-15-34/h7-10,22-26,36H,2-6,11-19H2,1H3,(H,32,38)(H,33,37)/t22?,23-,24+,25-,26?,30?/m1/s1. The molecule has 4 aliphatic rings. The maximum Gasteiger partial charge on any atom is 0.244 e. The number of aliphatic hydroxyl groups is 1. The number of ether oxygens (including phenoxy) is 2. The van der Waals surface area contributed by atoms with Crippen molar-refractivity contribution in [3.8, 4) is 5.75 Å². The monoisotopic (exact) mass is 666 g/mol. The van der Waals surface area contributed by atoms with Crippen molar-refractivity contribution >= 4 is 51.1 Å². The van der Waals surface area contributed by atoms with Crippen molar-refractivity contribution in [3.63, 3.8) is 0 Å². The number of aliphatic hydroxyl groups excluding tert-OH is 1. The van der Waals surface area contributed by atoms with Crippen LogP contribution in [0.25, 0.3) is 0 Å². The van der Waals surface area contributed by atoms with Crippen LogP contribution < -0.4 is 15.4 Å². The smallest absolute Gasteiger partial charge is 0.244 e. The molecule has 4 heterocycles. The van der Waals surface area contributed by atoms with Gasteiger partial charge in [-0.05, 0) is 50.5 Å². The minimum Gasteiger partial charge on any atom is -0.494 e. The molecule has 0 radical (unpaired) electrons. The average Bonchev–Trinajstić information content (AvgIpc) is 3.58. The van der Waals surface area contributed by atoms with Crippen molar-refractivity contribution in [2.45, 2.75) is 59.9 Å². The molecule has 4 saturated heterocycles. The van der Waals surface area contributed by atoms with Gasteiger partial charge in [0, 0.05) is 55.1 Å². The number of hydrogen-bond acceptors (Lipinski definition) is 8. The number of unbranched alkanes of at least 4 members (excludes halogenated alkanes) is 3. The zero-order chi connectivity index (χ0) is 29.7. The van der Waals surface area contributed by atoms with Gasteiger partial charge in [-0.15, -0.1) is 11.8 Å². The molecular formula is C30H43BrN4O6S. The van der Waals surface area contributed by atoms with Gasteiger partial charge < -0.3 is 30.1 Å². The molecule has 42 heavy (non-hydrogen) atoms. The number of fused-ring (bicyclic) bond motifs is 1. The number of amides is 3. The minimum atomic E-state index is -0.662. The second-order valence-corrected chi connectivity index (χ2v) is 14.2. The molecule has 232 valence electrons. The molecule has 0 saturated carbocycles. The van der Waals surface area contributed by atoms with Crippen LogP contribution in [0.4, 0.5) is 5.69 Å². The van der Waals surface area contributed by atoms with Crippen molar-refractivity contribution in [3.05, 3.63) is 24.3 Å². The number of likely N-dealkylation sites (tertiary alicyclic amines) is 1. The van der Waals surface area contributed by atoms with Crippen LogP contribution in [0.1, 0.15) is 39.0 Å². The number of nitrogens with one attached hydrogen (secondary N) is 2. The summed E-state index contributed by atoms with van der Waals surface area (Å²) < 4.78 is 10.3. The van der Waals surface area contributed by atoms with Gasteiger partial charge in [0.15, 0.2) is 0 Å². The third kappa shape index (κ3) is 6.47. The normalized spacial score (nSPS) is 30.4. The van der Waals surface area contributed by atoms with Crippen LogP contribution in [-0.4, -0.2) is 113 Å². The summed E-state index contributed by atoms with van der Waals surface area (Å²) >= 11 is 5.48. The number of hydrogen-bond donors (Lipinski definition) is 3. The topological polar surface area (TPSA) is 120 Å². The Balaban J connectivity index is 1.33. The van der Waals surface area contributed by atoms with E-state index in [0.717, 1.165) is 51.1 Å². The predicted molar refractivity (Wildman–Crippen MR) is 166 cm³/mol. The summed E-state index contributed by atoms with van der Waals surface area (Å²) in [6, 6.07) is 6.63. The van der Waals surface area contributed by atoms with Crippen LogP contribution in [0.2, 0.25) is 0 Å². The Kier molecular flexibility index (Phi) is 10.7. The number of carbonyl (C=O) groups excluding carboxylic acids is 3. The third-order valence-electron chi connectivity index (χ3n) is 8.91. The lowest BCUT2D eigenvalue weighted by atomic mass is 9.70. The number of nitrogens with zero attached hydrogens (tertiary/aromatic N) is 2. The molecule has 10 nitrogen and oxygen atoms in total. The minimum absolute atomic E-state index is 0.0239. The van der Waals surface area contributed by atoms with Crippen molar-refractivity contribution in [1.29, 1.82) is 0 Å². The Morgan fingerprint density at radius 2 is 1.86 bits per heavy atom. The molecule has 0 aromatic heterocycles. The zero-order valence-electron chi connectivity index (χ0n) is 24.3. The van der Waals surface area contributed by atoms with E-state index in [1.807, 2.05) is 31.2 Å². The van der Waals surface area contributed by atoms with E-state index < -0.39 is 22.6 Å². The first-order valence-electron chi connectivity index (χ1n) is 15.2. The fourth-order valence-electron chi connectivity index (χ4n) is 7.00. The Labute approximate surface area is 260 Å². The summed E-state index contributed by atoms with van der Waals surface area (Å²) in [5.74, 6) is -0.779. The quantitative estimate of drug-likeness (QED) is 0.205. The van der Waals surface area contributed by atoms with Gasteiger partial charge in [-0.3, -0.25) is 19.3 Å². The van der Waals surface area contributed by atoms with E-state index in [4.69, 9.17) is 14.6 Å². The predicted octanol–water partition coefficient (Wildman–Crippen LogP) is 2.49. The maximum atomic E-state index is 14.2. The fourth-order valence-corrected chi connectivity index (χ4v) is 10.6. The van der Waals surface area contributed by atoms with Crippen LogP contribution >= 0.6 is 27.7 Å². The largest absolute Gasteiger partial charge is 0.494 e. The van der Waals surface area contributed by atoms with Crippen LogP contribution in [-0.2, 0) is 19.1 Å². The highest BCUT2D eigenvalue weighted by atomic mass is 79.9. The molecule has 12 heteroatoms. The fraction of sp³-hybridized carbons (Fsp3) is 0.700. The van der Waals surface area contributed by atoms with Gasteiger partial charge in [0.05, 0.1) is 36.4 Å². The summed E-state index contributed by atoms with van der Waals surface area (Å²) in [5.41, 5.74) is 0.653. The second kappa shape index (κ2) is 14.3. The number of carbonyl (C=O) groups is 3. The van der Waals surface area contributed by atoms with Crippen molar-refractivity contribution in [2.24, 2.45) is 11.8 Å². The van der Waals surface area contributed by atoms with Gasteiger partial charge in [0.2, 0.25) is 17.7 Å². The van der Waals surface area contributed by atoms with Crippen LogP contribution in [0.5, 0.6) is 5.75 Å². The molecule has 3 N–H and O–H groups in total. The van der Waals surface area contributed by atoms with Gasteiger partial charge in [0.1, 0.15) is 11.8 Å². The van der Waals surface area contributed by atoms with E-state index in [1.54, 1.807) is 16.7 Å². The Hall–Kier alpha value is -1.86. The molecule has 1 spiro atoms. The van der Waals surface area contributed by atoms with Gasteiger partial charge >= 0.3 is 0 Å². The maximum absolute atomic E-state index is 14.2. The second-order valence-electron chi connectivity index (χ2n) is 11.5. The van der Waals surface area contributed by atoms with Crippen molar-refractivity contribution < 1.29 is 29.0 Å². The van der Waals surface area contributed by atoms with E-state index >= 15 is 0 Å². The molecule has 1 aromatic rings. The highest BCUT2D eigenvalue weighted by Gasteiger charge is 2.75. The van der Waals surface area contributed by atoms with Gasteiger partial charge in [-0.1, -0.05) is 28.8 Å². The van der Waals surface area contributed by atoms with E-state index in [-0.39, 0.29) is 34.4 Å². The lowest BCUT2D eigenvalue weighted by Gasteiger charge is -2.35. The number of benzene rings is 1. The van der Waals surface area contributed by atoms with Gasteiger partial charge in [-0.2, -0.15) is 0 Å². The average molecular weight is 668 g/mol. The number of halogens is 1. The van der Waals surface area contributed by atoms with Crippen LogP contribution in [0, 0.1) is 11.8 Å². The van der Waals surface area contributed by atoms with Crippen molar-refractivity contribution in [2.75, 3.05) is 64.5 Å². The highest BCUT2D eigenvalue weighted by molar-refractivity contribution is 9.09. The van der Waals surface area contributed by atoms with E-state index in [2.05, 4.69) is 31.5 Å². The van der Waals surface area contributed by atoms with E-state index in [0.29, 0.717) is 45.0 Å². The third-order valence-corrected chi connectivity index (χ3v) is 12.1. The van der Waals surface area contributed by atoms with Crippen molar-refractivity contribution in [1.82, 2.24) is 15.1 Å². The first-order chi connectivity index (χ1) is 20.4. The summed E-state index contributed by atoms with van der Waals surface area (Å²) in [5, 5.41) is 15.3. The molecule has 3 amide bonds. The molecule has 2 bridgehead atoms. The summed E-state index contributed by atoms with van der Waals surface area (Å²) in [4.78, 5) is 46.0. The lowest BCUT2D eigenvalue weighted by Crippen LogP contribution is -2.55. The van der Waals surface area contributed by atoms with Crippen LogP contribution in [0.15, 0.2) is 24.3 Å². The number of rotatable bonds is 14. The first-order valence-corrected chi connectivity index (χ1v) is 17.0. The molecule has 0 aliphatic carbocycles. The van der Waals surface area contributed by atoms with E-state index in [1.165, 1.54) is 0 Å². The summed E-state index contributed by atoms with van der Waals surface area (Å²) in [6.07, 6.45) is 3.88. The van der Waals surface area contributed by atoms with E-state index in [9.17, 15) is 14.4 Å². The van der Waals surface area contributed by atoms with Gasteiger partial charge in [-0.25, -0.2) is 0 Å². The highest BCUT2D eigenvalue weighted by Crippen LogP contribution is 2.67. The zero-order valence-corrected chi connectivity index (χ0v) is 26.7. The number of anilines is 1. The SMILES string of the molecule is CCOc1ccc(NC(=O)[C@H]2[C@@H]3SC4(CC3Br)C(C(=O)NCCN3CCOCC3)N(CCCCCCO)C(=O)[C@H]24)cc1. The molecule has 5 rings (SSSR count).